The highest BCUT2D eigenvalue weighted by molar-refractivity contribution is 6.09. The van der Waals surface area contributed by atoms with Crippen LogP contribution >= 0.6 is 0 Å². The van der Waals surface area contributed by atoms with Crippen molar-refractivity contribution in [2.75, 3.05) is 4.90 Å². The lowest BCUT2D eigenvalue weighted by molar-refractivity contribution is 0.744. The first-order valence-electron chi connectivity index (χ1n) is 13.7. The van der Waals surface area contributed by atoms with E-state index < -0.39 is 0 Å². The van der Waals surface area contributed by atoms with Gasteiger partial charge in [-0.3, -0.25) is 0 Å². The zero-order valence-corrected chi connectivity index (χ0v) is 21.6. The summed E-state index contributed by atoms with van der Waals surface area (Å²) in [6, 6.07) is 44.7. The number of hydrogen-bond donors (Lipinski definition) is 0. The van der Waals surface area contributed by atoms with Crippen molar-refractivity contribution in [1.82, 2.24) is 4.57 Å². The summed E-state index contributed by atoms with van der Waals surface area (Å²) < 4.78 is 2.37. The Labute approximate surface area is 228 Å². The molecule has 0 radical (unpaired) electrons. The van der Waals surface area contributed by atoms with Crippen LogP contribution in [0.5, 0.6) is 0 Å². The third-order valence-corrected chi connectivity index (χ3v) is 8.36. The maximum Gasteiger partial charge on any atom is 0.0629 e. The van der Waals surface area contributed by atoms with Gasteiger partial charge < -0.3 is 9.47 Å². The minimum atomic E-state index is 0.339. The lowest BCUT2D eigenvalue weighted by Crippen LogP contribution is -2.28. The SMILES string of the molecule is C1=CC2c3ccccc3N(c3ccc(Cc4ccc(-n5c6ccccc6c6ccccc65)cc4)cc3)C2C=C1. The molecule has 2 heterocycles. The number of rotatable bonds is 4. The molecule has 0 amide bonds. The second-order valence-electron chi connectivity index (χ2n) is 10.6. The smallest absolute Gasteiger partial charge is 0.0629 e. The quantitative estimate of drug-likeness (QED) is 0.234. The largest absolute Gasteiger partial charge is 0.333 e. The van der Waals surface area contributed by atoms with Gasteiger partial charge in [0.05, 0.1) is 17.1 Å². The molecular formula is C37H28N2. The van der Waals surface area contributed by atoms with Gasteiger partial charge >= 0.3 is 0 Å². The van der Waals surface area contributed by atoms with Gasteiger partial charge in [-0.1, -0.05) is 103 Å². The predicted octanol–water partition coefficient (Wildman–Crippen LogP) is 9.10. The van der Waals surface area contributed by atoms with Crippen molar-refractivity contribution in [3.05, 3.63) is 162 Å². The molecule has 186 valence electrons. The van der Waals surface area contributed by atoms with E-state index in [9.17, 15) is 0 Å². The van der Waals surface area contributed by atoms with Gasteiger partial charge in [-0.05, 0) is 65.6 Å². The monoisotopic (exact) mass is 500 g/mol. The first kappa shape index (κ1) is 22.2. The van der Waals surface area contributed by atoms with E-state index in [-0.39, 0.29) is 0 Å². The number of hydrogen-bond acceptors (Lipinski definition) is 1. The molecule has 5 aromatic carbocycles. The van der Waals surface area contributed by atoms with Gasteiger partial charge in [0.1, 0.15) is 0 Å². The van der Waals surface area contributed by atoms with Crippen molar-refractivity contribution in [3.8, 4) is 5.69 Å². The van der Waals surface area contributed by atoms with Crippen LogP contribution in [0.25, 0.3) is 27.5 Å². The van der Waals surface area contributed by atoms with Crippen LogP contribution < -0.4 is 4.90 Å². The molecule has 1 aromatic heterocycles. The molecule has 2 aliphatic rings. The molecule has 0 saturated carbocycles. The zero-order valence-electron chi connectivity index (χ0n) is 21.6. The van der Waals surface area contributed by atoms with Crippen LogP contribution in [-0.4, -0.2) is 10.6 Å². The fourth-order valence-electron chi connectivity index (χ4n) is 6.56. The summed E-state index contributed by atoms with van der Waals surface area (Å²) in [6.45, 7) is 0. The molecule has 8 rings (SSSR count). The van der Waals surface area contributed by atoms with Crippen molar-refractivity contribution in [1.29, 1.82) is 0 Å². The Morgan fingerprint density at radius 2 is 1.08 bits per heavy atom. The number of nitrogens with zero attached hydrogens (tertiary/aromatic N) is 2. The van der Waals surface area contributed by atoms with Crippen LogP contribution in [0.3, 0.4) is 0 Å². The normalized spacial score (nSPS) is 17.6. The van der Waals surface area contributed by atoms with E-state index in [1.165, 1.54) is 55.6 Å². The lowest BCUT2D eigenvalue weighted by Gasteiger charge is -2.28. The van der Waals surface area contributed by atoms with Crippen molar-refractivity contribution < 1.29 is 0 Å². The number of fused-ring (bicyclic) bond motifs is 6. The van der Waals surface area contributed by atoms with Crippen LogP contribution in [-0.2, 0) is 6.42 Å². The number of benzene rings is 5. The fourth-order valence-corrected chi connectivity index (χ4v) is 6.56. The highest BCUT2D eigenvalue weighted by Gasteiger charge is 2.36. The molecule has 6 aromatic rings. The highest BCUT2D eigenvalue weighted by atomic mass is 15.2. The molecule has 0 bridgehead atoms. The highest BCUT2D eigenvalue weighted by Crippen LogP contribution is 2.47. The number of para-hydroxylation sites is 3. The first-order valence-corrected chi connectivity index (χ1v) is 13.7. The van der Waals surface area contributed by atoms with Crippen LogP contribution in [0.15, 0.2) is 146 Å². The molecule has 2 heteroatoms. The summed E-state index contributed by atoms with van der Waals surface area (Å²) in [7, 11) is 0. The predicted molar refractivity (Wildman–Crippen MR) is 163 cm³/mol. The second kappa shape index (κ2) is 8.89. The molecule has 0 saturated heterocycles. The summed E-state index contributed by atoms with van der Waals surface area (Å²) in [6.07, 6.45) is 9.94. The van der Waals surface area contributed by atoms with Gasteiger partial charge in [0.15, 0.2) is 0 Å². The molecule has 2 nitrogen and oxygen atoms in total. The van der Waals surface area contributed by atoms with Crippen LogP contribution in [0.2, 0.25) is 0 Å². The van der Waals surface area contributed by atoms with Crippen LogP contribution in [0.4, 0.5) is 11.4 Å². The number of anilines is 2. The fraction of sp³-hybridized carbons (Fsp3) is 0.0811. The first-order chi connectivity index (χ1) is 19.3. The van der Waals surface area contributed by atoms with E-state index >= 15 is 0 Å². The molecule has 1 aliphatic carbocycles. The zero-order chi connectivity index (χ0) is 25.8. The third kappa shape index (κ3) is 3.56. The molecule has 0 fully saturated rings. The van der Waals surface area contributed by atoms with Gasteiger partial charge in [0.2, 0.25) is 0 Å². The third-order valence-electron chi connectivity index (χ3n) is 8.36. The van der Waals surface area contributed by atoms with E-state index in [2.05, 4.69) is 155 Å². The van der Waals surface area contributed by atoms with E-state index in [1.807, 2.05) is 0 Å². The Bertz CT molecular complexity index is 1830. The van der Waals surface area contributed by atoms with Gasteiger partial charge in [-0.25, -0.2) is 0 Å². The molecule has 1 aliphatic heterocycles. The maximum absolute atomic E-state index is 2.49. The standard InChI is InChI=1S/C37H28N2/c1-5-13-34-30(9-1)31-10-2-6-14-35(31)38(34)28-21-17-26(18-22-28)25-27-19-23-29(24-20-27)39-36-15-7-3-11-32(36)33-12-4-8-16-37(33)39/h1-24,30,34H,25H2. The lowest BCUT2D eigenvalue weighted by atomic mass is 9.91. The number of allylic oxidation sites excluding steroid dienone is 2. The molecule has 2 unspecified atom stereocenters. The number of aromatic nitrogens is 1. The van der Waals surface area contributed by atoms with Crippen molar-refractivity contribution in [2.45, 2.75) is 18.4 Å². The summed E-state index contributed by atoms with van der Waals surface area (Å²) in [5.41, 5.74) is 10.3. The summed E-state index contributed by atoms with van der Waals surface area (Å²) in [4.78, 5) is 2.49. The van der Waals surface area contributed by atoms with Crippen molar-refractivity contribution in [2.24, 2.45) is 0 Å². The minimum Gasteiger partial charge on any atom is -0.333 e. The molecule has 0 N–H and O–H groups in total. The van der Waals surface area contributed by atoms with Gasteiger partial charge in [-0.2, -0.15) is 0 Å². The Hall–Kier alpha value is -4.82. The minimum absolute atomic E-state index is 0.339. The summed E-state index contributed by atoms with van der Waals surface area (Å²) in [5.74, 6) is 0.416. The Morgan fingerprint density at radius 3 is 1.77 bits per heavy atom. The molecule has 0 spiro atoms. The van der Waals surface area contributed by atoms with E-state index in [1.54, 1.807) is 0 Å². The topological polar surface area (TPSA) is 8.17 Å². The molecule has 39 heavy (non-hydrogen) atoms. The average molecular weight is 501 g/mol. The Balaban J connectivity index is 1.07. The van der Waals surface area contributed by atoms with E-state index in [0.29, 0.717) is 12.0 Å². The van der Waals surface area contributed by atoms with Gasteiger partial charge in [-0.15, -0.1) is 0 Å². The Kier molecular flexibility index (Phi) is 5.06. The van der Waals surface area contributed by atoms with Gasteiger partial charge in [0, 0.05) is 33.8 Å². The van der Waals surface area contributed by atoms with E-state index in [0.717, 1.165) is 6.42 Å². The molecular weight excluding hydrogens is 472 g/mol. The maximum atomic E-state index is 2.49. The Morgan fingerprint density at radius 1 is 0.513 bits per heavy atom. The average Bonchev–Trinajstić information content (AvgIpc) is 3.51. The van der Waals surface area contributed by atoms with Crippen LogP contribution in [0, 0.1) is 0 Å². The van der Waals surface area contributed by atoms with Crippen LogP contribution in [0.1, 0.15) is 22.6 Å². The van der Waals surface area contributed by atoms with Crippen molar-refractivity contribution in [3.63, 3.8) is 0 Å². The molecule has 2 atom stereocenters. The van der Waals surface area contributed by atoms with E-state index in [4.69, 9.17) is 0 Å². The summed E-state index contributed by atoms with van der Waals surface area (Å²) >= 11 is 0. The van der Waals surface area contributed by atoms with Crippen molar-refractivity contribution >= 4 is 33.2 Å². The summed E-state index contributed by atoms with van der Waals surface area (Å²) in [5, 5.41) is 2.59. The second-order valence-corrected chi connectivity index (χ2v) is 10.6. The van der Waals surface area contributed by atoms with Gasteiger partial charge in [0.25, 0.3) is 0 Å².